The normalized spacial score (nSPS) is 18.8. The fourth-order valence-electron chi connectivity index (χ4n) is 15.2. The third kappa shape index (κ3) is 36.9. The zero-order valence-corrected chi connectivity index (χ0v) is 78.2. The van der Waals surface area contributed by atoms with Crippen LogP contribution in [0, 0.1) is 0 Å². The molecule has 5 unspecified atom stereocenters. The highest BCUT2D eigenvalue weighted by Crippen LogP contribution is 2.36. The van der Waals surface area contributed by atoms with Crippen LogP contribution in [0.25, 0.3) is 0 Å². The quantitative estimate of drug-likeness (QED) is 0.0108. The number of unbranched alkanes of at least 4 members (excludes halogenated alkanes) is 6. The number of hydrogen-bond donors (Lipinski definition) is 5. The van der Waals surface area contributed by atoms with Crippen LogP contribution >= 0.6 is 15.9 Å². The topological polar surface area (TPSA) is 349 Å². The maximum absolute atomic E-state index is 12.8. The van der Waals surface area contributed by atoms with Crippen molar-refractivity contribution in [2.24, 2.45) is 21.4 Å². The molecule has 698 valence electrons. The summed E-state index contributed by atoms with van der Waals surface area (Å²) in [7, 11) is -6.74. The Kier molecular flexibility index (Phi) is 48.4. The number of rotatable bonds is 34. The number of nitrogens with two attached hydrogens (primary N) is 1. The molecule has 0 radical (unpaired) electrons. The number of pyridine rings is 2. The second-order valence-corrected chi connectivity index (χ2v) is 35.9. The van der Waals surface area contributed by atoms with E-state index < -0.39 is 20.4 Å². The van der Waals surface area contributed by atoms with Crippen LogP contribution in [-0.4, -0.2) is 194 Å². The number of aromatic nitrogens is 2. The van der Waals surface area contributed by atoms with Crippen molar-refractivity contribution in [3.8, 4) is 28.7 Å². The SMILES string of the molecule is C1CCOC1.CCCCCC1CCc2cc(/C=N/OCC)ccc2O1.CCO/N=C/c1ccc2c(c1)CCC(CCCCN1CCN(c3ccncc3)S1(=O)=O)O2.CCO/N=C/c1ccc2c(c1)CCC(CCCCO)O2.CCON.O=Cc1ccc2c(c1)CCC(CCCCO)O2.O=S1(=O)NCCN1c1ccncc1.OCCCCC1CCc2cc(Br)ccc2O1. The van der Waals surface area contributed by atoms with Gasteiger partial charge in [0, 0.05) is 101 Å². The average molecular weight is 1860 g/mol. The Morgan fingerprint density at radius 2 is 0.811 bits per heavy atom. The van der Waals surface area contributed by atoms with E-state index in [2.05, 4.69) is 94.1 Å². The summed E-state index contributed by atoms with van der Waals surface area (Å²) in [6.07, 6.45) is 43.3. The number of carbonyl (C=O) groups excluding carboxylic acids is 1. The van der Waals surface area contributed by atoms with Gasteiger partial charge in [0.15, 0.2) is 0 Å². The molecule has 0 amide bonds. The van der Waals surface area contributed by atoms with Crippen LogP contribution in [0.5, 0.6) is 28.7 Å². The lowest BCUT2D eigenvalue weighted by atomic mass is 9.97. The van der Waals surface area contributed by atoms with E-state index in [1.165, 1.54) is 69.4 Å². The number of nitrogens with one attached hydrogen (secondary N) is 1. The maximum atomic E-state index is 12.8. The highest BCUT2D eigenvalue weighted by molar-refractivity contribution is 9.10. The summed E-state index contributed by atoms with van der Waals surface area (Å²) in [6, 6.07) is 37.1. The Balaban J connectivity index is 0.000000188. The molecule has 5 aromatic carbocycles. The van der Waals surface area contributed by atoms with E-state index in [9.17, 15) is 21.6 Å². The lowest BCUT2D eigenvalue weighted by Gasteiger charge is -2.26. The molecule has 2 aromatic heterocycles. The van der Waals surface area contributed by atoms with Crippen molar-refractivity contribution in [2.75, 3.05) is 101 Å². The van der Waals surface area contributed by atoms with Crippen molar-refractivity contribution in [2.45, 2.75) is 245 Å². The maximum Gasteiger partial charge on any atom is 0.304 e. The van der Waals surface area contributed by atoms with E-state index in [-0.39, 0.29) is 38.1 Å². The third-order valence-corrected chi connectivity index (χ3v) is 25.9. The zero-order valence-electron chi connectivity index (χ0n) is 75.0. The van der Waals surface area contributed by atoms with Crippen LogP contribution in [0.1, 0.15) is 237 Å². The number of halogens is 1. The number of aldehydes is 1. The molecular weight excluding hydrogens is 1730 g/mol. The van der Waals surface area contributed by atoms with Crippen LogP contribution in [0.2, 0.25) is 0 Å². The van der Waals surface area contributed by atoms with Gasteiger partial charge in [-0.15, -0.1) is 0 Å². The molecule has 0 bridgehead atoms. The number of anilines is 2. The fraction of sp³-hybridized carbons (Fsp3) is 0.542. The van der Waals surface area contributed by atoms with Crippen LogP contribution in [-0.2, 0) is 76.6 Å². The van der Waals surface area contributed by atoms with Crippen molar-refractivity contribution in [3.05, 3.63) is 195 Å². The van der Waals surface area contributed by atoms with Crippen LogP contribution in [0.3, 0.4) is 0 Å². The smallest absolute Gasteiger partial charge is 0.304 e. The minimum atomic E-state index is -3.45. The summed E-state index contributed by atoms with van der Waals surface area (Å²) < 4.78 is 91.3. The fourth-order valence-corrected chi connectivity index (χ4v) is 18.5. The first kappa shape index (κ1) is 104. The zero-order chi connectivity index (χ0) is 90.5. The molecule has 7 aromatic rings. The molecule has 127 heavy (non-hydrogen) atoms. The molecule has 6 N–H and O–H groups in total. The number of ether oxygens (including phenoxy) is 6. The number of aliphatic hydroxyl groups excluding tert-OH is 3. The first-order valence-electron chi connectivity index (χ1n) is 45.6. The molecule has 8 aliphatic heterocycles. The van der Waals surface area contributed by atoms with Gasteiger partial charge < -0.3 is 63.1 Å². The van der Waals surface area contributed by atoms with Gasteiger partial charge in [0.05, 0.1) is 67.1 Å². The van der Waals surface area contributed by atoms with Gasteiger partial charge in [-0.1, -0.05) is 51.2 Å². The highest BCUT2D eigenvalue weighted by atomic mass is 79.9. The lowest BCUT2D eigenvalue weighted by Crippen LogP contribution is -2.33. The highest BCUT2D eigenvalue weighted by Gasteiger charge is 2.37. The van der Waals surface area contributed by atoms with Crippen LogP contribution < -0.4 is 42.9 Å². The summed E-state index contributed by atoms with van der Waals surface area (Å²) >= 11 is 3.47. The Labute approximate surface area is 762 Å². The molecule has 15 rings (SSSR count). The molecule has 31 heteroatoms. The molecule has 3 saturated heterocycles. The lowest BCUT2D eigenvalue weighted by molar-refractivity contribution is 0.112. The summed E-state index contributed by atoms with van der Waals surface area (Å²) in [4.78, 5) is 37.5. The van der Waals surface area contributed by atoms with Crippen molar-refractivity contribution in [3.63, 3.8) is 0 Å². The van der Waals surface area contributed by atoms with Crippen LogP contribution in [0.15, 0.2) is 160 Å². The number of aryl methyl sites for hydroxylation is 5. The van der Waals surface area contributed by atoms with Gasteiger partial charge in [0.2, 0.25) is 0 Å². The number of hydrogen-bond acceptors (Lipinski definition) is 24. The molecule has 10 heterocycles. The van der Waals surface area contributed by atoms with Gasteiger partial charge >= 0.3 is 20.4 Å². The second kappa shape index (κ2) is 59.4. The largest absolute Gasteiger partial charge is 0.490 e. The molecular formula is C96H137BrN10O18S2. The van der Waals surface area contributed by atoms with Gasteiger partial charge in [0.1, 0.15) is 54.9 Å². The van der Waals surface area contributed by atoms with Gasteiger partial charge in [-0.05, 0) is 354 Å². The molecule has 5 atom stereocenters. The number of oxime groups is 3. The summed E-state index contributed by atoms with van der Waals surface area (Å²) in [6.45, 7) is 17.4. The Hall–Kier alpha value is -8.86. The van der Waals surface area contributed by atoms with Crippen molar-refractivity contribution in [1.29, 1.82) is 0 Å². The van der Waals surface area contributed by atoms with Crippen molar-refractivity contribution >= 4 is 72.7 Å². The van der Waals surface area contributed by atoms with Gasteiger partial charge in [-0.25, -0.2) is 5.90 Å². The second-order valence-electron chi connectivity index (χ2n) is 31.5. The van der Waals surface area contributed by atoms with Crippen molar-refractivity contribution in [1.82, 2.24) is 19.0 Å². The van der Waals surface area contributed by atoms with E-state index >= 15 is 0 Å². The standard InChI is InChI=1S/C23H30N4O4S.C17H25NO2.C16H23NO3.C14H18O3.C13H17BrO2.C7H9N3O2S.C4H8O.C2H7NO/c1-2-30-25-18-19-6-9-23-20(17-19)7-8-22(31-23)5-3-4-14-26-15-16-27(32(26,28)29)21-10-12-24-13-11-21;1-3-5-6-7-16-10-9-15-12-14(13-18-19-4-2)8-11-17(15)20-16;1-2-19-17-12-13-6-9-16-14(11-13)7-8-15(20-16)5-3-4-10-18;15-8-2-1-3-13-6-5-12-9-11(10-16)4-7-14(12)17-13;14-11-5-7-13-10(9-11)4-6-12(16-13)3-1-2-8-15;11-13(12)9-5-6-10(13)7-1-3-8-4-2-7;1-2-4-5-3-1;1-2-4-3/h6,9-13,17-18,22H,2-5,7-8,14-16H2,1H3;8,11-13,16H,3-7,9-10H2,1-2H3;6,9,11-12,15,18H,2-5,7-8,10H2,1H3;4,7,9-10,13,15H,1-3,5-6,8H2;5,7,9,12,15H,1-4,6,8H2;1-4,9H,5-6H2;1-4H2;2-3H2,1H3/b25-18+;18-13+;17-12+;;;;;. The number of fused-ring (bicyclic) bond motifs is 5. The number of aliphatic hydroxyl groups is 3. The first-order chi connectivity index (χ1) is 62.0. The molecule has 0 spiro atoms. The molecule has 0 aliphatic carbocycles. The predicted molar refractivity (Wildman–Crippen MR) is 504 cm³/mol. The first-order valence-corrected chi connectivity index (χ1v) is 49.2. The van der Waals surface area contributed by atoms with E-state index in [4.69, 9.17) is 58.3 Å². The van der Waals surface area contributed by atoms with E-state index in [1.54, 1.807) is 78.1 Å². The average Bonchev–Trinajstić information content (AvgIpc) is 1.63. The summed E-state index contributed by atoms with van der Waals surface area (Å²) in [5.41, 5.74) is 11.3. The van der Waals surface area contributed by atoms with Crippen LogP contribution in [0.4, 0.5) is 11.4 Å². The number of benzene rings is 5. The van der Waals surface area contributed by atoms with E-state index in [1.807, 2.05) is 82.3 Å². The van der Waals surface area contributed by atoms with Gasteiger partial charge in [-0.3, -0.25) is 23.4 Å². The number of nitrogens with zero attached hydrogens (tertiary/aromatic N) is 8. The van der Waals surface area contributed by atoms with E-state index in [0.29, 0.717) is 88.3 Å². The minimum absolute atomic E-state index is 0.175. The number of carbonyl (C=O) groups is 1. The monoisotopic (exact) mass is 1860 g/mol. The Morgan fingerprint density at radius 1 is 0.457 bits per heavy atom. The summed E-state index contributed by atoms with van der Waals surface area (Å²) in [5, 5.41) is 38.0. The third-order valence-electron chi connectivity index (χ3n) is 21.9. The molecule has 3 fully saturated rings. The Morgan fingerprint density at radius 3 is 1.15 bits per heavy atom. The molecule has 8 aliphatic rings. The van der Waals surface area contributed by atoms with E-state index in [0.717, 1.165) is 216 Å². The molecule has 28 nitrogen and oxygen atoms in total. The van der Waals surface area contributed by atoms with Gasteiger partial charge in [-0.2, -0.15) is 25.9 Å². The van der Waals surface area contributed by atoms with Gasteiger partial charge in [0.25, 0.3) is 0 Å². The Bertz CT molecular complexity index is 4510. The predicted octanol–water partition coefficient (Wildman–Crippen LogP) is 16.7. The minimum Gasteiger partial charge on any atom is -0.490 e. The summed E-state index contributed by atoms with van der Waals surface area (Å²) in [5.74, 6) is 9.44. The van der Waals surface area contributed by atoms with Crippen molar-refractivity contribution < 1.29 is 84.7 Å². The molecule has 0 saturated carbocycles.